The van der Waals surface area contributed by atoms with E-state index in [1.807, 2.05) is 12.1 Å². The zero-order valence-corrected chi connectivity index (χ0v) is 15.5. The Morgan fingerprint density at radius 3 is 2.15 bits per heavy atom. The first-order chi connectivity index (χ1) is 12.5. The predicted molar refractivity (Wildman–Crippen MR) is 101 cm³/mol. The van der Waals surface area contributed by atoms with Gasteiger partial charge in [-0.15, -0.1) is 0 Å². The van der Waals surface area contributed by atoms with Crippen LogP contribution in [0.2, 0.25) is 0 Å². The second kappa shape index (κ2) is 9.58. The van der Waals surface area contributed by atoms with Crippen molar-refractivity contribution in [3.8, 4) is 0 Å². The van der Waals surface area contributed by atoms with Gasteiger partial charge in [-0.25, -0.2) is 4.79 Å². The molecule has 0 saturated heterocycles. The van der Waals surface area contributed by atoms with Crippen molar-refractivity contribution in [2.45, 2.75) is 20.0 Å². The number of hydrogen-bond acceptors (Lipinski definition) is 3. The zero-order valence-electron chi connectivity index (χ0n) is 15.5. The van der Waals surface area contributed by atoms with E-state index in [1.165, 1.54) is 10.5 Å². The third kappa shape index (κ3) is 6.22. The van der Waals surface area contributed by atoms with E-state index in [-0.39, 0.29) is 5.91 Å². The van der Waals surface area contributed by atoms with Gasteiger partial charge >= 0.3 is 6.09 Å². The molecule has 0 unspecified atom stereocenters. The summed E-state index contributed by atoms with van der Waals surface area (Å²) in [6, 6.07) is 14.9. The van der Waals surface area contributed by atoms with Crippen LogP contribution in [0.1, 0.15) is 28.4 Å². The number of benzene rings is 2. The molecule has 6 heteroatoms. The molecule has 0 aliphatic rings. The Morgan fingerprint density at radius 1 is 0.962 bits per heavy atom. The van der Waals surface area contributed by atoms with Crippen LogP contribution in [0.5, 0.6) is 0 Å². The van der Waals surface area contributed by atoms with E-state index in [9.17, 15) is 9.59 Å². The first-order valence-corrected chi connectivity index (χ1v) is 8.67. The fraction of sp³-hybridized carbons (Fsp3) is 0.300. The van der Waals surface area contributed by atoms with Crippen LogP contribution in [0.4, 0.5) is 10.5 Å². The Morgan fingerprint density at radius 2 is 1.58 bits per heavy atom. The van der Waals surface area contributed by atoms with Gasteiger partial charge in [-0.3, -0.25) is 10.1 Å². The number of nitrogens with one attached hydrogen (secondary N) is 3. The summed E-state index contributed by atoms with van der Waals surface area (Å²) in [5.41, 5.74) is 3.44. The normalized spacial score (nSPS) is 10.5. The second-order valence-corrected chi connectivity index (χ2v) is 6.31. The molecule has 3 N–H and O–H groups in total. The van der Waals surface area contributed by atoms with Gasteiger partial charge in [0, 0.05) is 23.4 Å². The third-order valence-corrected chi connectivity index (χ3v) is 3.70. The Kier molecular flexibility index (Phi) is 7.17. The van der Waals surface area contributed by atoms with Crippen LogP contribution in [0.25, 0.3) is 0 Å². The first kappa shape index (κ1) is 19.5. The summed E-state index contributed by atoms with van der Waals surface area (Å²) in [6.45, 7) is 3.49. The molecular formula is C20H26N3O3+. The Hall–Kier alpha value is -2.86. The van der Waals surface area contributed by atoms with Crippen molar-refractivity contribution >= 4 is 17.7 Å². The highest BCUT2D eigenvalue weighted by Gasteiger charge is 2.07. The number of hydrogen-bond donors (Lipinski definition) is 3. The number of amides is 2. The first-order valence-electron chi connectivity index (χ1n) is 8.67. The highest BCUT2D eigenvalue weighted by Crippen LogP contribution is 2.10. The summed E-state index contributed by atoms with van der Waals surface area (Å²) in [6.07, 6.45) is -0.510. The molecule has 2 aromatic rings. The van der Waals surface area contributed by atoms with Crippen molar-refractivity contribution in [1.29, 1.82) is 0 Å². The summed E-state index contributed by atoms with van der Waals surface area (Å²) < 4.78 is 4.81. The van der Waals surface area contributed by atoms with E-state index in [4.69, 9.17) is 4.74 Å². The van der Waals surface area contributed by atoms with Gasteiger partial charge in [-0.2, -0.15) is 0 Å². The predicted octanol–water partition coefficient (Wildman–Crippen LogP) is 1.83. The minimum atomic E-state index is -0.510. The van der Waals surface area contributed by atoms with Crippen LogP contribution in [0.3, 0.4) is 0 Å². The number of rotatable bonds is 7. The van der Waals surface area contributed by atoms with Crippen molar-refractivity contribution in [3.05, 3.63) is 65.2 Å². The molecule has 0 aliphatic heterocycles. The molecule has 6 nitrogen and oxygen atoms in total. The maximum absolute atomic E-state index is 12.2. The van der Waals surface area contributed by atoms with E-state index < -0.39 is 6.09 Å². The average Bonchev–Trinajstić information content (AvgIpc) is 2.61. The molecule has 2 amide bonds. The van der Waals surface area contributed by atoms with Crippen molar-refractivity contribution in [2.24, 2.45) is 0 Å². The third-order valence-electron chi connectivity index (χ3n) is 3.70. The fourth-order valence-electron chi connectivity index (χ4n) is 2.46. The van der Waals surface area contributed by atoms with Gasteiger partial charge in [-0.1, -0.05) is 24.3 Å². The molecule has 26 heavy (non-hydrogen) atoms. The number of anilines is 1. The van der Waals surface area contributed by atoms with Gasteiger partial charge in [0.25, 0.3) is 5.91 Å². The number of carbonyl (C=O) groups is 2. The van der Waals surface area contributed by atoms with Crippen LogP contribution in [0.15, 0.2) is 48.5 Å². The number of carbonyl (C=O) groups excluding carboxylic acids is 2. The molecule has 0 fully saturated rings. The van der Waals surface area contributed by atoms with Gasteiger partial charge in [0.1, 0.15) is 6.54 Å². The average molecular weight is 356 g/mol. The van der Waals surface area contributed by atoms with E-state index in [0.717, 1.165) is 12.1 Å². The van der Waals surface area contributed by atoms with Crippen LogP contribution >= 0.6 is 0 Å². The molecule has 0 radical (unpaired) electrons. The molecule has 0 atom stereocenters. The van der Waals surface area contributed by atoms with Gasteiger partial charge in [0.05, 0.1) is 20.7 Å². The molecule has 0 aromatic heterocycles. The Bertz CT molecular complexity index is 725. The van der Waals surface area contributed by atoms with Crippen LogP contribution in [-0.4, -0.2) is 32.7 Å². The highest BCUT2D eigenvalue weighted by molar-refractivity contribution is 5.95. The molecule has 138 valence electrons. The summed E-state index contributed by atoms with van der Waals surface area (Å²) in [5.74, 6) is -0.158. The molecule has 0 saturated carbocycles. The van der Waals surface area contributed by atoms with Crippen LogP contribution < -0.4 is 15.5 Å². The minimum Gasteiger partial charge on any atom is -0.450 e. The van der Waals surface area contributed by atoms with E-state index >= 15 is 0 Å². The molecule has 0 bridgehead atoms. The SMILES string of the molecule is CCOC(=O)Nc1ccc(C(=O)NCc2ccc(C[NH+](C)C)cc2)cc1. The van der Waals surface area contributed by atoms with E-state index in [2.05, 4.69) is 36.9 Å². The summed E-state index contributed by atoms with van der Waals surface area (Å²) in [7, 11) is 4.23. The van der Waals surface area contributed by atoms with E-state index in [1.54, 1.807) is 31.2 Å². The molecule has 0 aliphatic carbocycles. The molecule has 0 heterocycles. The van der Waals surface area contributed by atoms with Gasteiger partial charge in [0.2, 0.25) is 0 Å². The summed E-state index contributed by atoms with van der Waals surface area (Å²) in [5, 5.41) is 5.49. The Balaban J connectivity index is 1.86. The van der Waals surface area contributed by atoms with Crippen molar-refractivity contribution < 1.29 is 19.2 Å². The van der Waals surface area contributed by atoms with Gasteiger partial charge in [0.15, 0.2) is 0 Å². The van der Waals surface area contributed by atoms with Crippen LogP contribution in [-0.2, 0) is 17.8 Å². The van der Waals surface area contributed by atoms with Crippen molar-refractivity contribution in [2.75, 3.05) is 26.0 Å². The molecular weight excluding hydrogens is 330 g/mol. The maximum Gasteiger partial charge on any atom is 0.411 e. The second-order valence-electron chi connectivity index (χ2n) is 6.31. The lowest BCUT2D eigenvalue weighted by atomic mass is 10.1. The minimum absolute atomic E-state index is 0.158. The topological polar surface area (TPSA) is 71.9 Å². The quantitative estimate of drug-likeness (QED) is 0.709. The lowest BCUT2D eigenvalue weighted by Crippen LogP contribution is -3.04. The lowest BCUT2D eigenvalue weighted by Gasteiger charge is -2.09. The lowest BCUT2D eigenvalue weighted by molar-refractivity contribution is -0.872. The van der Waals surface area contributed by atoms with Gasteiger partial charge < -0.3 is 15.0 Å². The van der Waals surface area contributed by atoms with Crippen LogP contribution in [0, 0.1) is 0 Å². The smallest absolute Gasteiger partial charge is 0.411 e. The maximum atomic E-state index is 12.2. The fourth-order valence-corrected chi connectivity index (χ4v) is 2.46. The van der Waals surface area contributed by atoms with Crippen molar-refractivity contribution in [1.82, 2.24) is 5.32 Å². The molecule has 0 spiro atoms. The van der Waals surface area contributed by atoms with E-state index in [0.29, 0.717) is 24.4 Å². The number of quaternary nitrogens is 1. The Labute approximate surface area is 154 Å². The standard InChI is InChI=1S/C20H25N3O3/c1-4-26-20(25)22-18-11-9-17(10-12-18)19(24)21-13-15-5-7-16(8-6-15)14-23(2)3/h5-12H,4,13-14H2,1-3H3,(H,21,24)(H,22,25)/p+1. The highest BCUT2D eigenvalue weighted by atomic mass is 16.5. The number of ether oxygens (including phenoxy) is 1. The molecule has 2 aromatic carbocycles. The molecule has 2 rings (SSSR count). The van der Waals surface area contributed by atoms with Crippen molar-refractivity contribution in [3.63, 3.8) is 0 Å². The van der Waals surface area contributed by atoms with Gasteiger partial charge in [-0.05, 0) is 36.8 Å². The summed E-state index contributed by atoms with van der Waals surface area (Å²) in [4.78, 5) is 25.0. The largest absolute Gasteiger partial charge is 0.450 e. The zero-order chi connectivity index (χ0) is 18.9. The summed E-state index contributed by atoms with van der Waals surface area (Å²) >= 11 is 0. The monoisotopic (exact) mass is 356 g/mol.